The number of hydrogen-bond acceptors (Lipinski definition) is 6. The van der Waals surface area contributed by atoms with E-state index >= 15 is 0 Å². The van der Waals surface area contributed by atoms with Crippen LogP contribution in [0.4, 0.5) is 0 Å². The Balaban J connectivity index is 1.39. The minimum atomic E-state index is -0.218. The van der Waals surface area contributed by atoms with Crippen molar-refractivity contribution in [3.8, 4) is 11.4 Å². The topological polar surface area (TPSA) is 97.6 Å². The molecular weight excluding hydrogens is 330 g/mol. The smallest absolute Gasteiger partial charge is 0.254 e. The van der Waals surface area contributed by atoms with Crippen molar-refractivity contribution in [2.75, 3.05) is 6.54 Å². The first-order valence-electron chi connectivity index (χ1n) is 8.56. The minimum absolute atomic E-state index is 0.218. The molecule has 0 fully saturated rings. The number of amides is 1. The minimum Gasteiger partial charge on any atom is -0.346 e. The average Bonchev–Trinajstić information content (AvgIpc) is 2.96. The third kappa shape index (κ3) is 3.60. The van der Waals surface area contributed by atoms with Crippen molar-refractivity contribution in [2.45, 2.75) is 26.1 Å². The summed E-state index contributed by atoms with van der Waals surface area (Å²) in [5, 5.41) is 10.8. The van der Waals surface area contributed by atoms with Gasteiger partial charge in [-0.15, -0.1) is 0 Å². The van der Waals surface area contributed by atoms with Gasteiger partial charge in [0.05, 0.1) is 23.5 Å². The molecule has 8 heteroatoms. The summed E-state index contributed by atoms with van der Waals surface area (Å²) in [5.41, 5.74) is 3.23. The summed E-state index contributed by atoms with van der Waals surface area (Å²) in [6.45, 7) is 3.10. The second-order valence-electron chi connectivity index (χ2n) is 6.10. The maximum absolute atomic E-state index is 12.3. The van der Waals surface area contributed by atoms with Gasteiger partial charge >= 0.3 is 0 Å². The summed E-state index contributed by atoms with van der Waals surface area (Å²) >= 11 is 0. The molecule has 0 aromatic carbocycles. The number of rotatable bonds is 4. The van der Waals surface area contributed by atoms with Crippen LogP contribution in [0.15, 0.2) is 43.0 Å². The molecule has 3 aromatic heterocycles. The van der Waals surface area contributed by atoms with Gasteiger partial charge in [-0.3, -0.25) is 14.5 Å². The first kappa shape index (κ1) is 16.3. The lowest BCUT2D eigenvalue weighted by Crippen LogP contribution is -2.23. The summed E-state index contributed by atoms with van der Waals surface area (Å²) < 4.78 is 2.01. The Hall–Kier alpha value is -3.13. The molecule has 26 heavy (non-hydrogen) atoms. The number of nitrogens with one attached hydrogen (secondary N) is 2. The van der Waals surface area contributed by atoms with Crippen LogP contribution in [-0.2, 0) is 19.6 Å². The molecule has 0 unspecified atom stereocenters. The number of aryl methyl sites for hydroxylation is 1. The van der Waals surface area contributed by atoms with Gasteiger partial charge in [0.25, 0.3) is 5.91 Å². The van der Waals surface area contributed by atoms with Crippen molar-refractivity contribution < 1.29 is 4.79 Å². The highest BCUT2D eigenvalue weighted by Gasteiger charge is 2.12. The molecule has 4 heterocycles. The molecule has 0 radical (unpaired) electrons. The van der Waals surface area contributed by atoms with Gasteiger partial charge in [-0.25, -0.2) is 9.97 Å². The molecule has 4 rings (SSSR count). The van der Waals surface area contributed by atoms with E-state index in [0.717, 1.165) is 43.0 Å². The molecular formula is C18H19N7O. The molecule has 0 saturated heterocycles. The van der Waals surface area contributed by atoms with E-state index in [1.165, 1.54) is 12.4 Å². The molecule has 3 aromatic rings. The highest BCUT2D eigenvalue weighted by atomic mass is 16.1. The van der Waals surface area contributed by atoms with Gasteiger partial charge in [0, 0.05) is 43.4 Å². The number of fused-ring (bicyclic) bond motifs is 1. The third-order valence-electron chi connectivity index (χ3n) is 4.21. The highest BCUT2D eigenvalue weighted by Crippen LogP contribution is 2.12. The predicted octanol–water partition coefficient (Wildman–Crippen LogP) is 1.16. The van der Waals surface area contributed by atoms with E-state index in [9.17, 15) is 4.79 Å². The van der Waals surface area contributed by atoms with Crippen molar-refractivity contribution in [2.24, 2.45) is 0 Å². The predicted molar refractivity (Wildman–Crippen MR) is 95.0 cm³/mol. The number of pyridine rings is 1. The summed E-state index contributed by atoms with van der Waals surface area (Å²) in [5.74, 6) is 0.323. The molecule has 0 saturated carbocycles. The van der Waals surface area contributed by atoms with Crippen LogP contribution < -0.4 is 10.6 Å². The number of aromatic nitrogens is 5. The molecule has 132 valence electrons. The van der Waals surface area contributed by atoms with Crippen molar-refractivity contribution in [1.29, 1.82) is 0 Å². The monoisotopic (exact) mass is 349 g/mol. The van der Waals surface area contributed by atoms with E-state index < -0.39 is 0 Å². The van der Waals surface area contributed by atoms with E-state index in [2.05, 4.69) is 30.7 Å². The standard InChI is InChI=1S/C18H19N7O/c26-18(14-9-21-17(22-10-14)13-3-1-4-19-8-13)23-11-15-7-16-12-20-5-2-6-25(16)24-15/h1,3-4,7-10,20H,2,5-6,11-12H2,(H,23,26). The number of hydrogen-bond donors (Lipinski definition) is 2. The Morgan fingerprint density at radius 1 is 1.27 bits per heavy atom. The zero-order valence-electron chi connectivity index (χ0n) is 14.2. The van der Waals surface area contributed by atoms with Crippen molar-refractivity contribution in [3.63, 3.8) is 0 Å². The van der Waals surface area contributed by atoms with E-state index in [4.69, 9.17) is 0 Å². The highest BCUT2D eigenvalue weighted by molar-refractivity contribution is 5.93. The van der Waals surface area contributed by atoms with E-state index in [-0.39, 0.29) is 5.91 Å². The third-order valence-corrected chi connectivity index (χ3v) is 4.21. The average molecular weight is 349 g/mol. The SMILES string of the molecule is O=C(NCc1cc2n(n1)CCCNC2)c1cnc(-c2cccnc2)nc1. The molecule has 0 spiro atoms. The van der Waals surface area contributed by atoms with Crippen LogP contribution in [0.25, 0.3) is 11.4 Å². The Bertz CT molecular complexity index is 866. The van der Waals surface area contributed by atoms with Gasteiger partial charge in [0.1, 0.15) is 0 Å². The molecule has 0 atom stereocenters. The Labute approximate surface area is 150 Å². The van der Waals surface area contributed by atoms with Crippen LogP contribution in [0.1, 0.15) is 28.2 Å². The van der Waals surface area contributed by atoms with Gasteiger partial charge in [0.2, 0.25) is 0 Å². The molecule has 0 aliphatic carbocycles. The van der Waals surface area contributed by atoms with Crippen LogP contribution in [0.3, 0.4) is 0 Å². The van der Waals surface area contributed by atoms with Crippen LogP contribution in [0.5, 0.6) is 0 Å². The summed E-state index contributed by atoms with van der Waals surface area (Å²) in [6, 6.07) is 5.72. The fraction of sp³-hybridized carbons (Fsp3) is 0.278. The van der Waals surface area contributed by atoms with E-state index in [0.29, 0.717) is 17.9 Å². The fourth-order valence-electron chi connectivity index (χ4n) is 2.87. The molecule has 1 aliphatic heterocycles. The van der Waals surface area contributed by atoms with Crippen LogP contribution in [0, 0.1) is 0 Å². The Morgan fingerprint density at radius 3 is 2.96 bits per heavy atom. The maximum Gasteiger partial charge on any atom is 0.254 e. The lowest BCUT2D eigenvalue weighted by Gasteiger charge is -2.04. The second kappa shape index (κ2) is 7.40. The summed E-state index contributed by atoms with van der Waals surface area (Å²) in [4.78, 5) is 24.9. The van der Waals surface area contributed by atoms with Crippen LogP contribution in [0.2, 0.25) is 0 Å². The molecule has 1 amide bonds. The van der Waals surface area contributed by atoms with Gasteiger partial charge in [-0.1, -0.05) is 0 Å². The van der Waals surface area contributed by atoms with Crippen LogP contribution in [-0.4, -0.2) is 37.2 Å². The lowest BCUT2D eigenvalue weighted by atomic mass is 10.2. The van der Waals surface area contributed by atoms with E-state index in [1.807, 2.05) is 22.9 Å². The normalized spacial score (nSPS) is 13.7. The zero-order valence-corrected chi connectivity index (χ0v) is 14.2. The van der Waals surface area contributed by atoms with Gasteiger partial charge in [-0.05, 0) is 31.2 Å². The van der Waals surface area contributed by atoms with Gasteiger partial charge < -0.3 is 10.6 Å². The number of carbonyl (C=O) groups excluding carboxylic acids is 1. The number of nitrogens with zero attached hydrogens (tertiary/aromatic N) is 5. The Morgan fingerprint density at radius 2 is 2.15 bits per heavy atom. The fourth-order valence-corrected chi connectivity index (χ4v) is 2.87. The first-order valence-corrected chi connectivity index (χ1v) is 8.56. The molecule has 0 bridgehead atoms. The van der Waals surface area contributed by atoms with Crippen LogP contribution >= 0.6 is 0 Å². The first-order chi connectivity index (χ1) is 12.8. The quantitative estimate of drug-likeness (QED) is 0.733. The number of carbonyl (C=O) groups is 1. The summed E-state index contributed by atoms with van der Waals surface area (Å²) in [7, 11) is 0. The van der Waals surface area contributed by atoms with Gasteiger partial charge in [0.15, 0.2) is 5.82 Å². The molecule has 1 aliphatic rings. The molecule has 8 nitrogen and oxygen atoms in total. The van der Waals surface area contributed by atoms with E-state index in [1.54, 1.807) is 12.4 Å². The summed E-state index contributed by atoms with van der Waals surface area (Å²) in [6.07, 6.45) is 7.48. The molecule has 2 N–H and O–H groups in total. The largest absolute Gasteiger partial charge is 0.346 e. The van der Waals surface area contributed by atoms with Crippen molar-refractivity contribution >= 4 is 5.91 Å². The Kier molecular flexibility index (Phi) is 4.65. The second-order valence-corrected chi connectivity index (χ2v) is 6.10. The maximum atomic E-state index is 12.3. The van der Waals surface area contributed by atoms with Crippen molar-refractivity contribution in [3.05, 3.63) is 59.9 Å². The zero-order chi connectivity index (χ0) is 17.8. The lowest BCUT2D eigenvalue weighted by molar-refractivity contribution is 0.0949. The van der Waals surface area contributed by atoms with Gasteiger partial charge in [-0.2, -0.15) is 5.10 Å². The van der Waals surface area contributed by atoms with Crippen molar-refractivity contribution in [1.82, 2.24) is 35.4 Å².